The summed E-state index contributed by atoms with van der Waals surface area (Å²) in [6, 6.07) is 15.4. The largest absolute Gasteiger partial charge is 0.459 e. The van der Waals surface area contributed by atoms with E-state index < -0.39 is 11.1 Å². The zero-order valence-corrected chi connectivity index (χ0v) is 18.9. The minimum absolute atomic E-state index is 0.191. The van der Waals surface area contributed by atoms with Crippen molar-refractivity contribution in [2.75, 3.05) is 5.32 Å². The SMILES string of the molecule is CC(C)Cn1c(=O)c(=O)[nH]c2cc(-c3noc(-c4cccc(NC(=O)c5ccco5)c4)n3)ccc21. The molecule has 3 aromatic heterocycles. The van der Waals surface area contributed by atoms with Gasteiger partial charge in [-0.1, -0.05) is 25.1 Å². The lowest BCUT2D eigenvalue weighted by Crippen LogP contribution is -2.37. The van der Waals surface area contributed by atoms with Gasteiger partial charge in [0.25, 0.3) is 11.8 Å². The molecule has 0 aliphatic carbocycles. The van der Waals surface area contributed by atoms with Crippen molar-refractivity contribution in [3.8, 4) is 22.8 Å². The first-order chi connectivity index (χ1) is 16.9. The Bertz CT molecular complexity index is 1640. The molecule has 0 atom stereocenters. The topological polar surface area (TPSA) is 136 Å². The smallest absolute Gasteiger partial charge is 0.316 e. The Balaban J connectivity index is 1.45. The average molecular weight is 471 g/mol. The summed E-state index contributed by atoms with van der Waals surface area (Å²) >= 11 is 0. The number of H-pyrrole nitrogens is 1. The van der Waals surface area contributed by atoms with E-state index in [1.165, 1.54) is 10.8 Å². The van der Waals surface area contributed by atoms with E-state index in [9.17, 15) is 14.4 Å². The summed E-state index contributed by atoms with van der Waals surface area (Å²) in [5, 5.41) is 6.82. The van der Waals surface area contributed by atoms with Gasteiger partial charge < -0.3 is 23.8 Å². The highest BCUT2D eigenvalue weighted by Gasteiger charge is 2.15. The van der Waals surface area contributed by atoms with E-state index in [0.717, 1.165) is 0 Å². The van der Waals surface area contributed by atoms with Crippen molar-refractivity contribution >= 4 is 22.6 Å². The molecule has 5 aromatic rings. The van der Waals surface area contributed by atoms with Crippen molar-refractivity contribution in [1.82, 2.24) is 19.7 Å². The van der Waals surface area contributed by atoms with Gasteiger partial charge in [0.05, 0.1) is 17.3 Å². The molecule has 0 spiro atoms. The quantitative estimate of drug-likeness (QED) is 0.358. The molecule has 0 saturated carbocycles. The van der Waals surface area contributed by atoms with E-state index in [1.54, 1.807) is 54.6 Å². The Hall–Kier alpha value is -4.73. The van der Waals surface area contributed by atoms with Crippen molar-refractivity contribution in [3.05, 3.63) is 87.3 Å². The lowest BCUT2D eigenvalue weighted by atomic mass is 10.1. The Labute approximate surface area is 198 Å². The summed E-state index contributed by atoms with van der Waals surface area (Å²) < 4.78 is 12.0. The van der Waals surface area contributed by atoms with Gasteiger partial charge in [-0.2, -0.15) is 4.98 Å². The van der Waals surface area contributed by atoms with Gasteiger partial charge in [-0.25, -0.2) is 0 Å². The zero-order valence-electron chi connectivity index (χ0n) is 18.9. The highest BCUT2D eigenvalue weighted by atomic mass is 16.5. The summed E-state index contributed by atoms with van der Waals surface area (Å²) in [5.74, 6) is 0.585. The predicted molar refractivity (Wildman–Crippen MR) is 129 cm³/mol. The van der Waals surface area contributed by atoms with Gasteiger partial charge in [-0.15, -0.1) is 0 Å². The third-order valence-corrected chi connectivity index (χ3v) is 5.32. The van der Waals surface area contributed by atoms with E-state index >= 15 is 0 Å². The van der Waals surface area contributed by atoms with Crippen LogP contribution >= 0.6 is 0 Å². The standard InChI is InChI=1S/C25H21N5O5/c1-14(2)13-30-19-9-8-15(12-18(19)27-23(32)25(30)33)21-28-24(35-29-21)16-5-3-6-17(11-16)26-22(31)20-7-4-10-34-20/h3-12,14H,13H2,1-2H3,(H,26,31)(H,27,32). The van der Waals surface area contributed by atoms with Crippen molar-refractivity contribution < 1.29 is 13.7 Å². The average Bonchev–Trinajstić information content (AvgIpc) is 3.54. The molecule has 0 unspecified atom stereocenters. The van der Waals surface area contributed by atoms with Gasteiger partial charge in [0, 0.05) is 23.4 Å². The van der Waals surface area contributed by atoms with Crippen LogP contribution in [0.3, 0.4) is 0 Å². The van der Waals surface area contributed by atoms with Crippen LogP contribution in [-0.2, 0) is 6.54 Å². The van der Waals surface area contributed by atoms with Gasteiger partial charge in [0.15, 0.2) is 5.76 Å². The van der Waals surface area contributed by atoms with E-state index in [4.69, 9.17) is 8.94 Å². The fourth-order valence-electron chi connectivity index (χ4n) is 3.75. The Morgan fingerprint density at radius 2 is 1.94 bits per heavy atom. The van der Waals surface area contributed by atoms with E-state index in [0.29, 0.717) is 40.2 Å². The molecule has 3 heterocycles. The molecule has 0 radical (unpaired) electrons. The van der Waals surface area contributed by atoms with Crippen LogP contribution in [0.2, 0.25) is 0 Å². The first-order valence-electron chi connectivity index (χ1n) is 11.0. The number of benzene rings is 2. The highest BCUT2D eigenvalue weighted by molar-refractivity contribution is 6.02. The second-order valence-electron chi connectivity index (χ2n) is 8.43. The molecule has 0 saturated heterocycles. The maximum Gasteiger partial charge on any atom is 0.316 e. The Kier molecular flexibility index (Phi) is 5.61. The summed E-state index contributed by atoms with van der Waals surface area (Å²) in [6.45, 7) is 4.38. The zero-order chi connectivity index (χ0) is 24.5. The number of aromatic nitrogens is 4. The molecular weight excluding hydrogens is 450 g/mol. The number of carbonyl (C=O) groups excluding carboxylic acids is 1. The van der Waals surface area contributed by atoms with Gasteiger partial charge in [-0.05, 0) is 54.4 Å². The molecule has 10 nitrogen and oxygen atoms in total. The number of nitrogens with zero attached hydrogens (tertiary/aromatic N) is 3. The summed E-state index contributed by atoms with van der Waals surface area (Å²) in [4.78, 5) is 43.9. The predicted octanol–water partition coefficient (Wildman–Crippen LogP) is 3.91. The van der Waals surface area contributed by atoms with Crippen LogP contribution in [-0.4, -0.2) is 25.6 Å². The number of aromatic amines is 1. The lowest BCUT2D eigenvalue weighted by Gasteiger charge is -2.12. The van der Waals surface area contributed by atoms with E-state index in [-0.39, 0.29) is 23.5 Å². The van der Waals surface area contributed by atoms with Crippen molar-refractivity contribution in [3.63, 3.8) is 0 Å². The molecule has 0 aliphatic heterocycles. The van der Waals surface area contributed by atoms with Crippen LogP contribution < -0.4 is 16.4 Å². The van der Waals surface area contributed by atoms with Crippen LogP contribution in [0.4, 0.5) is 5.69 Å². The number of hydrogen-bond donors (Lipinski definition) is 2. The first-order valence-corrected chi connectivity index (χ1v) is 11.0. The number of anilines is 1. The van der Waals surface area contributed by atoms with Crippen molar-refractivity contribution in [2.24, 2.45) is 5.92 Å². The maximum absolute atomic E-state index is 12.3. The molecule has 10 heteroatoms. The fraction of sp³-hybridized carbons (Fsp3) is 0.160. The molecule has 35 heavy (non-hydrogen) atoms. The second-order valence-corrected chi connectivity index (χ2v) is 8.43. The fourth-order valence-corrected chi connectivity index (χ4v) is 3.75. The number of hydrogen-bond acceptors (Lipinski definition) is 7. The van der Waals surface area contributed by atoms with Crippen LogP contribution in [0.15, 0.2) is 79.4 Å². The summed E-state index contributed by atoms with van der Waals surface area (Å²) in [5.41, 5.74) is 1.62. The number of nitrogens with one attached hydrogen (secondary N) is 2. The molecule has 0 aliphatic rings. The molecular formula is C25H21N5O5. The Morgan fingerprint density at radius 1 is 1.09 bits per heavy atom. The molecule has 0 bridgehead atoms. The summed E-state index contributed by atoms with van der Waals surface area (Å²) in [6.07, 6.45) is 1.43. The minimum Gasteiger partial charge on any atom is -0.459 e. The molecule has 176 valence electrons. The van der Waals surface area contributed by atoms with E-state index in [1.807, 2.05) is 13.8 Å². The molecule has 0 fully saturated rings. The summed E-state index contributed by atoms with van der Waals surface area (Å²) in [7, 11) is 0. The minimum atomic E-state index is -0.683. The molecule has 2 N–H and O–H groups in total. The molecule has 5 rings (SSSR count). The number of rotatable bonds is 6. The number of carbonyl (C=O) groups is 1. The monoisotopic (exact) mass is 471 g/mol. The van der Waals surface area contributed by atoms with Gasteiger partial charge in [0.2, 0.25) is 5.82 Å². The van der Waals surface area contributed by atoms with Crippen LogP contribution in [0.1, 0.15) is 24.4 Å². The number of fused-ring (bicyclic) bond motifs is 1. The van der Waals surface area contributed by atoms with Crippen molar-refractivity contribution in [1.29, 1.82) is 0 Å². The highest BCUT2D eigenvalue weighted by Crippen LogP contribution is 2.26. The third kappa shape index (κ3) is 4.41. The van der Waals surface area contributed by atoms with Crippen LogP contribution in [0, 0.1) is 5.92 Å². The first kappa shape index (κ1) is 22.1. The third-order valence-electron chi connectivity index (χ3n) is 5.32. The number of furan rings is 1. The number of amides is 1. The Morgan fingerprint density at radius 3 is 2.71 bits per heavy atom. The second kappa shape index (κ2) is 8.90. The van der Waals surface area contributed by atoms with Gasteiger partial charge >= 0.3 is 11.1 Å². The van der Waals surface area contributed by atoms with Gasteiger partial charge in [0.1, 0.15) is 0 Å². The lowest BCUT2D eigenvalue weighted by molar-refractivity contribution is 0.0996. The van der Waals surface area contributed by atoms with Gasteiger partial charge in [-0.3, -0.25) is 14.4 Å². The maximum atomic E-state index is 12.3. The molecule has 1 amide bonds. The van der Waals surface area contributed by atoms with Crippen molar-refractivity contribution in [2.45, 2.75) is 20.4 Å². The van der Waals surface area contributed by atoms with Crippen LogP contribution in [0.5, 0.6) is 0 Å². The van der Waals surface area contributed by atoms with E-state index in [2.05, 4.69) is 20.4 Å². The molecule has 2 aromatic carbocycles. The van der Waals surface area contributed by atoms with Crippen LogP contribution in [0.25, 0.3) is 33.9 Å². The normalized spacial score (nSPS) is 11.3.